The van der Waals surface area contributed by atoms with Gasteiger partial charge in [-0.25, -0.2) is 4.98 Å². The SMILES string of the molecule is Cc1cnc(NC(=S)NCCN2CCOCC2)c(Cl)c1. The van der Waals surface area contributed by atoms with Crippen molar-refractivity contribution in [3.8, 4) is 0 Å². The van der Waals surface area contributed by atoms with E-state index >= 15 is 0 Å². The minimum Gasteiger partial charge on any atom is -0.379 e. The van der Waals surface area contributed by atoms with Crippen molar-refractivity contribution in [3.05, 3.63) is 22.8 Å². The number of aryl methyl sites for hydroxylation is 1. The standard InChI is InChI=1S/C13H19ClN4OS/c1-10-8-11(14)12(16-9-10)17-13(20)15-2-3-18-4-6-19-7-5-18/h8-9H,2-7H2,1H3,(H2,15,16,17,20). The maximum Gasteiger partial charge on any atom is 0.172 e. The van der Waals surface area contributed by atoms with Crippen molar-refractivity contribution in [2.75, 3.05) is 44.7 Å². The second-order valence-electron chi connectivity index (χ2n) is 4.68. The van der Waals surface area contributed by atoms with Crippen LogP contribution in [-0.2, 0) is 4.74 Å². The van der Waals surface area contributed by atoms with Crippen LogP contribution in [0, 0.1) is 6.92 Å². The quantitative estimate of drug-likeness (QED) is 0.824. The number of hydrogen-bond acceptors (Lipinski definition) is 4. The summed E-state index contributed by atoms with van der Waals surface area (Å²) in [6.07, 6.45) is 1.75. The van der Waals surface area contributed by atoms with Crippen LogP contribution in [0.25, 0.3) is 0 Å². The van der Waals surface area contributed by atoms with E-state index in [2.05, 4.69) is 20.5 Å². The lowest BCUT2D eigenvalue weighted by Gasteiger charge is -2.26. The van der Waals surface area contributed by atoms with Crippen molar-refractivity contribution in [3.63, 3.8) is 0 Å². The highest BCUT2D eigenvalue weighted by atomic mass is 35.5. The van der Waals surface area contributed by atoms with Gasteiger partial charge in [-0.05, 0) is 30.8 Å². The highest BCUT2D eigenvalue weighted by Crippen LogP contribution is 2.19. The molecule has 2 heterocycles. The minimum atomic E-state index is 0.538. The maximum atomic E-state index is 6.09. The van der Waals surface area contributed by atoms with Gasteiger partial charge in [0.2, 0.25) is 0 Å². The Morgan fingerprint density at radius 3 is 2.95 bits per heavy atom. The summed E-state index contributed by atoms with van der Waals surface area (Å²) in [5.41, 5.74) is 1.02. The molecule has 1 aromatic heterocycles. The molecule has 2 rings (SSSR count). The molecule has 0 unspecified atom stereocenters. The van der Waals surface area contributed by atoms with Crippen molar-refractivity contribution in [2.24, 2.45) is 0 Å². The second kappa shape index (κ2) is 7.73. The van der Waals surface area contributed by atoms with E-state index in [1.807, 2.05) is 13.0 Å². The van der Waals surface area contributed by atoms with Gasteiger partial charge in [0.15, 0.2) is 10.9 Å². The van der Waals surface area contributed by atoms with E-state index in [4.69, 9.17) is 28.6 Å². The monoisotopic (exact) mass is 314 g/mol. The number of ether oxygens (including phenoxy) is 1. The van der Waals surface area contributed by atoms with E-state index in [0.29, 0.717) is 16.0 Å². The summed E-state index contributed by atoms with van der Waals surface area (Å²) in [6.45, 7) is 7.26. The van der Waals surface area contributed by atoms with Crippen LogP contribution in [0.3, 0.4) is 0 Å². The van der Waals surface area contributed by atoms with Gasteiger partial charge in [0.05, 0.1) is 18.2 Å². The molecule has 0 saturated carbocycles. The third-order valence-corrected chi connectivity index (χ3v) is 3.56. The zero-order chi connectivity index (χ0) is 14.4. The summed E-state index contributed by atoms with van der Waals surface area (Å²) < 4.78 is 5.31. The molecule has 0 aromatic carbocycles. The van der Waals surface area contributed by atoms with E-state index < -0.39 is 0 Å². The highest BCUT2D eigenvalue weighted by Gasteiger charge is 2.10. The first kappa shape index (κ1) is 15.4. The summed E-state index contributed by atoms with van der Waals surface area (Å²) in [5.74, 6) is 0.584. The molecule has 1 aromatic rings. The Kier molecular flexibility index (Phi) is 5.97. The van der Waals surface area contributed by atoms with Gasteiger partial charge in [-0.2, -0.15) is 0 Å². The van der Waals surface area contributed by atoms with Gasteiger partial charge in [-0.1, -0.05) is 11.6 Å². The van der Waals surface area contributed by atoms with Crippen molar-refractivity contribution in [2.45, 2.75) is 6.92 Å². The number of halogens is 1. The molecule has 0 radical (unpaired) electrons. The number of thiocarbonyl (C=S) groups is 1. The Labute approximate surface area is 129 Å². The van der Waals surface area contributed by atoms with E-state index in [1.54, 1.807) is 6.20 Å². The van der Waals surface area contributed by atoms with E-state index in [-0.39, 0.29) is 0 Å². The van der Waals surface area contributed by atoms with Crippen LogP contribution in [-0.4, -0.2) is 54.4 Å². The average Bonchev–Trinajstić information content (AvgIpc) is 2.43. The molecule has 1 aliphatic rings. The van der Waals surface area contributed by atoms with Gasteiger partial charge in [0.1, 0.15) is 0 Å². The molecule has 1 fully saturated rings. The predicted molar refractivity (Wildman–Crippen MR) is 85.5 cm³/mol. The van der Waals surface area contributed by atoms with Gasteiger partial charge in [-0.15, -0.1) is 0 Å². The fourth-order valence-corrected chi connectivity index (χ4v) is 2.40. The Morgan fingerprint density at radius 2 is 2.25 bits per heavy atom. The van der Waals surface area contributed by atoms with E-state index in [1.165, 1.54) is 0 Å². The predicted octanol–water partition coefficient (Wildman–Crippen LogP) is 1.66. The van der Waals surface area contributed by atoms with Crippen LogP contribution < -0.4 is 10.6 Å². The molecule has 0 spiro atoms. The number of pyridine rings is 1. The minimum absolute atomic E-state index is 0.538. The van der Waals surface area contributed by atoms with Gasteiger partial charge in [0.25, 0.3) is 0 Å². The highest BCUT2D eigenvalue weighted by molar-refractivity contribution is 7.80. The van der Waals surface area contributed by atoms with Gasteiger partial charge < -0.3 is 15.4 Å². The Morgan fingerprint density at radius 1 is 1.50 bits per heavy atom. The lowest BCUT2D eigenvalue weighted by Crippen LogP contribution is -2.42. The van der Waals surface area contributed by atoms with Gasteiger partial charge >= 0.3 is 0 Å². The summed E-state index contributed by atoms with van der Waals surface area (Å²) in [5, 5.41) is 7.28. The second-order valence-corrected chi connectivity index (χ2v) is 5.49. The molecule has 0 aliphatic carbocycles. The summed E-state index contributed by atoms with van der Waals surface area (Å²) >= 11 is 11.3. The molecular formula is C13H19ClN4OS. The number of rotatable bonds is 4. The van der Waals surface area contributed by atoms with Crippen molar-refractivity contribution in [1.82, 2.24) is 15.2 Å². The van der Waals surface area contributed by atoms with Crippen LogP contribution in [0.4, 0.5) is 5.82 Å². The molecule has 1 saturated heterocycles. The number of anilines is 1. The first-order valence-electron chi connectivity index (χ1n) is 6.62. The van der Waals surface area contributed by atoms with Crippen LogP contribution >= 0.6 is 23.8 Å². The lowest BCUT2D eigenvalue weighted by atomic mass is 10.3. The summed E-state index contributed by atoms with van der Waals surface area (Å²) in [6, 6.07) is 1.85. The van der Waals surface area contributed by atoms with Gasteiger partial charge in [-0.3, -0.25) is 4.90 Å². The molecule has 110 valence electrons. The number of nitrogens with zero attached hydrogens (tertiary/aromatic N) is 2. The normalized spacial score (nSPS) is 15.9. The number of nitrogens with one attached hydrogen (secondary N) is 2. The van der Waals surface area contributed by atoms with E-state index in [0.717, 1.165) is 45.0 Å². The van der Waals surface area contributed by atoms with Crippen LogP contribution in [0.1, 0.15) is 5.56 Å². The fraction of sp³-hybridized carbons (Fsp3) is 0.538. The molecule has 2 N–H and O–H groups in total. The largest absolute Gasteiger partial charge is 0.379 e. The van der Waals surface area contributed by atoms with Crippen molar-refractivity contribution in [1.29, 1.82) is 0 Å². The first-order chi connectivity index (χ1) is 9.65. The third-order valence-electron chi connectivity index (χ3n) is 3.03. The molecule has 5 nitrogen and oxygen atoms in total. The third kappa shape index (κ3) is 4.86. The van der Waals surface area contributed by atoms with Gasteiger partial charge in [0, 0.05) is 32.4 Å². The molecule has 0 atom stereocenters. The zero-order valence-electron chi connectivity index (χ0n) is 11.5. The maximum absolute atomic E-state index is 6.09. The number of morpholine rings is 1. The van der Waals surface area contributed by atoms with Crippen molar-refractivity contribution >= 4 is 34.7 Å². The molecule has 0 bridgehead atoms. The van der Waals surface area contributed by atoms with Crippen LogP contribution in [0.15, 0.2) is 12.3 Å². The molecule has 0 amide bonds. The molecule has 20 heavy (non-hydrogen) atoms. The van der Waals surface area contributed by atoms with Crippen LogP contribution in [0.2, 0.25) is 5.02 Å². The molecule has 1 aliphatic heterocycles. The summed E-state index contributed by atoms with van der Waals surface area (Å²) in [4.78, 5) is 6.56. The van der Waals surface area contributed by atoms with Crippen LogP contribution in [0.5, 0.6) is 0 Å². The molecule has 7 heteroatoms. The number of aromatic nitrogens is 1. The molecular weight excluding hydrogens is 296 g/mol. The number of hydrogen-bond donors (Lipinski definition) is 2. The first-order valence-corrected chi connectivity index (χ1v) is 7.41. The van der Waals surface area contributed by atoms with E-state index in [9.17, 15) is 0 Å². The Balaban J connectivity index is 1.72. The lowest BCUT2D eigenvalue weighted by molar-refractivity contribution is 0.0389. The topological polar surface area (TPSA) is 49.4 Å². The average molecular weight is 315 g/mol. The Hall–Kier alpha value is -0.950. The summed E-state index contributed by atoms with van der Waals surface area (Å²) in [7, 11) is 0. The van der Waals surface area contributed by atoms with Crippen molar-refractivity contribution < 1.29 is 4.74 Å². The zero-order valence-corrected chi connectivity index (χ0v) is 13.1. The fourth-order valence-electron chi connectivity index (χ4n) is 1.93. The Bertz CT molecular complexity index is 466. The smallest absolute Gasteiger partial charge is 0.172 e.